The minimum Gasteiger partial charge on any atom is -0.445 e. The first kappa shape index (κ1) is 28.8. The first-order valence-corrected chi connectivity index (χ1v) is 13.7. The molecule has 5 rings (SSSR count). The number of amides is 3. The Morgan fingerprint density at radius 3 is 2.58 bits per heavy atom. The van der Waals surface area contributed by atoms with Crippen LogP contribution in [0.2, 0.25) is 0 Å². The van der Waals surface area contributed by atoms with E-state index in [9.17, 15) is 14.4 Å². The zero-order valence-electron chi connectivity index (χ0n) is 23.0. The van der Waals surface area contributed by atoms with Crippen LogP contribution in [0.25, 0.3) is 10.9 Å². The topological polar surface area (TPSA) is 143 Å². The molecule has 212 valence electrons. The summed E-state index contributed by atoms with van der Waals surface area (Å²) in [5.41, 5.74) is 8.64. The second-order valence-electron chi connectivity index (χ2n) is 9.73. The van der Waals surface area contributed by atoms with E-state index in [-0.39, 0.29) is 24.5 Å². The average molecular weight is 548 g/mol. The molecule has 3 heterocycles. The summed E-state index contributed by atoms with van der Waals surface area (Å²) < 4.78 is 5.25. The van der Waals surface area contributed by atoms with Crippen molar-refractivity contribution in [2.24, 2.45) is 0 Å². The molecule has 2 aromatic carbocycles. The fourth-order valence-corrected chi connectivity index (χ4v) is 4.85. The fourth-order valence-electron chi connectivity index (χ4n) is 4.85. The third-order valence-corrected chi connectivity index (χ3v) is 7.05. The lowest BCUT2D eigenvalue weighted by Gasteiger charge is -2.33. The lowest BCUT2D eigenvalue weighted by molar-refractivity contribution is -0.136. The maximum absolute atomic E-state index is 12.3. The molecule has 2 saturated heterocycles. The number of hydrogen-bond acceptors (Lipinski definition) is 8. The summed E-state index contributed by atoms with van der Waals surface area (Å²) in [6.07, 6.45) is 2.44. The van der Waals surface area contributed by atoms with Gasteiger partial charge in [0.05, 0.1) is 11.6 Å². The van der Waals surface area contributed by atoms with E-state index in [1.807, 2.05) is 67.3 Å². The SMILES string of the molecule is CCC1C(=O)NCCN1C(=O)OCc1ccccc1.CCC1NCCN(Cc2ccc3c(N)ncnc3c2)C1=O. The maximum atomic E-state index is 12.3. The number of anilines is 1. The molecule has 1 aromatic heterocycles. The number of ether oxygens (including phenoxy) is 1. The van der Waals surface area contributed by atoms with E-state index in [1.165, 1.54) is 11.2 Å². The van der Waals surface area contributed by atoms with Crippen LogP contribution in [0.4, 0.5) is 10.6 Å². The fraction of sp³-hybridized carbons (Fsp3) is 0.414. The Balaban J connectivity index is 0.000000186. The molecule has 0 bridgehead atoms. The lowest BCUT2D eigenvalue weighted by Crippen LogP contribution is -2.56. The molecule has 2 fully saturated rings. The first-order valence-electron chi connectivity index (χ1n) is 13.7. The third kappa shape index (κ3) is 7.03. The number of benzene rings is 2. The summed E-state index contributed by atoms with van der Waals surface area (Å²) in [4.78, 5) is 47.6. The van der Waals surface area contributed by atoms with Gasteiger partial charge in [0.2, 0.25) is 11.8 Å². The molecule has 2 atom stereocenters. The molecule has 0 spiro atoms. The van der Waals surface area contributed by atoms with Crippen LogP contribution >= 0.6 is 0 Å². The van der Waals surface area contributed by atoms with Crippen LogP contribution in [0.5, 0.6) is 0 Å². The van der Waals surface area contributed by atoms with Crippen molar-refractivity contribution in [3.8, 4) is 0 Å². The van der Waals surface area contributed by atoms with Crippen molar-refractivity contribution in [1.29, 1.82) is 0 Å². The number of nitrogen functional groups attached to an aromatic ring is 1. The van der Waals surface area contributed by atoms with Gasteiger partial charge in [-0.2, -0.15) is 0 Å². The highest BCUT2D eigenvalue weighted by Gasteiger charge is 2.32. The molecule has 2 aliphatic rings. The van der Waals surface area contributed by atoms with Gasteiger partial charge in [0.1, 0.15) is 24.8 Å². The monoisotopic (exact) mass is 547 g/mol. The number of aromatic nitrogens is 2. The van der Waals surface area contributed by atoms with Gasteiger partial charge in [-0.15, -0.1) is 0 Å². The standard InChI is InChI=1S/C15H19N5O.C14H18N2O3/c1-2-12-15(21)20(6-5-17-12)8-10-3-4-11-13(7-10)18-9-19-14(11)16;1-2-12-13(17)15-8-9-16(12)14(18)19-10-11-6-4-3-5-7-11/h3-4,7,9,12,17H,2,5-6,8H2,1H3,(H2,16,18,19);3-7,12H,2,8-10H2,1H3,(H,15,17). The van der Waals surface area contributed by atoms with Crippen LogP contribution in [-0.4, -0.2) is 75.9 Å². The Morgan fingerprint density at radius 2 is 1.82 bits per heavy atom. The predicted molar refractivity (Wildman–Crippen MR) is 152 cm³/mol. The average Bonchev–Trinajstić information content (AvgIpc) is 2.98. The normalized spacial score (nSPS) is 19.1. The third-order valence-electron chi connectivity index (χ3n) is 7.05. The van der Waals surface area contributed by atoms with Crippen LogP contribution in [0.1, 0.15) is 37.8 Å². The Hall–Kier alpha value is -4.25. The molecule has 11 nitrogen and oxygen atoms in total. The summed E-state index contributed by atoms with van der Waals surface area (Å²) in [6.45, 7) is 7.30. The second-order valence-corrected chi connectivity index (χ2v) is 9.73. The molecule has 0 saturated carbocycles. The van der Waals surface area contributed by atoms with E-state index >= 15 is 0 Å². The van der Waals surface area contributed by atoms with Gasteiger partial charge in [0.15, 0.2) is 0 Å². The highest BCUT2D eigenvalue weighted by Crippen LogP contribution is 2.19. The summed E-state index contributed by atoms with van der Waals surface area (Å²) in [7, 11) is 0. The maximum Gasteiger partial charge on any atom is 0.410 e. The van der Waals surface area contributed by atoms with Gasteiger partial charge in [-0.3, -0.25) is 14.5 Å². The van der Waals surface area contributed by atoms with Crippen molar-refractivity contribution in [3.05, 3.63) is 66.0 Å². The predicted octanol–water partition coefficient (Wildman–Crippen LogP) is 2.46. The Bertz CT molecular complexity index is 1320. The number of carbonyl (C=O) groups is 3. The summed E-state index contributed by atoms with van der Waals surface area (Å²) >= 11 is 0. The molecule has 3 aromatic rings. The lowest BCUT2D eigenvalue weighted by atomic mass is 10.1. The zero-order valence-corrected chi connectivity index (χ0v) is 23.0. The van der Waals surface area contributed by atoms with Crippen molar-refractivity contribution < 1.29 is 19.1 Å². The van der Waals surface area contributed by atoms with Gasteiger partial charge in [0.25, 0.3) is 0 Å². The van der Waals surface area contributed by atoms with E-state index in [4.69, 9.17) is 10.5 Å². The summed E-state index contributed by atoms with van der Waals surface area (Å²) in [5, 5.41) is 6.84. The molecule has 2 aliphatic heterocycles. The van der Waals surface area contributed by atoms with Gasteiger partial charge in [-0.25, -0.2) is 14.8 Å². The minimum absolute atomic E-state index is 0.0582. The largest absolute Gasteiger partial charge is 0.445 e. The van der Waals surface area contributed by atoms with Gasteiger partial charge < -0.3 is 26.0 Å². The molecule has 2 unspecified atom stereocenters. The van der Waals surface area contributed by atoms with Crippen molar-refractivity contribution in [2.75, 3.05) is 31.9 Å². The second kappa shape index (κ2) is 13.7. The van der Waals surface area contributed by atoms with Crippen LogP contribution in [0, 0.1) is 0 Å². The van der Waals surface area contributed by atoms with Crippen molar-refractivity contribution in [1.82, 2.24) is 30.4 Å². The van der Waals surface area contributed by atoms with E-state index in [1.54, 1.807) is 0 Å². The molecular formula is C29H37N7O4. The van der Waals surface area contributed by atoms with Gasteiger partial charge >= 0.3 is 6.09 Å². The van der Waals surface area contributed by atoms with Crippen molar-refractivity contribution in [2.45, 2.75) is 51.9 Å². The van der Waals surface area contributed by atoms with Crippen LogP contribution in [0.15, 0.2) is 54.9 Å². The quantitative estimate of drug-likeness (QED) is 0.427. The highest BCUT2D eigenvalue weighted by atomic mass is 16.6. The van der Waals surface area contributed by atoms with Gasteiger partial charge in [-0.1, -0.05) is 50.2 Å². The van der Waals surface area contributed by atoms with E-state index in [0.29, 0.717) is 31.9 Å². The zero-order chi connectivity index (χ0) is 28.5. The van der Waals surface area contributed by atoms with Crippen molar-refractivity contribution in [3.63, 3.8) is 0 Å². The van der Waals surface area contributed by atoms with Crippen molar-refractivity contribution >= 4 is 34.6 Å². The number of hydrogen-bond donors (Lipinski definition) is 3. The number of nitrogens with zero attached hydrogens (tertiary/aromatic N) is 4. The number of rotatable bonds is 6. The number of carbonyl (C=O) groups excluding carboxylic acids is 3. The summed E-state index contributed by atoms with van der Waals surface area (Å²) in [6, 6.07) is 14.9. The number of fused-ring (bicyclic) bond motifs is 1. The van der Waals surface area contributed by atoms with E-state index < -0.39 is 12.1 Å². The van der Waals surface area contributed by atoms with Crippen LogP contribution < -0.4 is 16.4 Å². The van der Waals surface area contributed by atoms with Crippen LogP contribution in [-0.2, 0) is 27.5 Å². The molecule has 11 heteroatoms. The Morgan fingerprint density at radius 1 is 1.02 bits per heavy atom. The molecule has 0 aliphatic carbocycles. The number of nitrogens with two attached hydrogens (primary N) is 1. The molecule has 40 heavy (non-hydrogen) atoms. The van der Waals surface area contributed by atoms with Crippen LogP contribution in [0.3, 0.4) is 0 Å². The minimum atomic E-state index is -0.425. The first-order chi connectivity index (χ1) is 19.4. The Kier molecular flexibility index (Phi) is 9.85. The van der Waals surface area contributed by atoms with Gasteiger partial charge in [-0.05, 0) is 36.1 Å². The number of piperazine rings is 2. The molecule has 0 radical (unpaired) electrons. The molecule has 3 amide bonds. The molecule has 4 N–H and O–H groups in total. The van der Waals surface area contributed by atoms with Gasteiger partial charge in [0, 0.05) is 38.1 Å². The highest BCUT2D eigenvalue weighted by molar-refractivity contribution is 5.88. The smallest absolute Gasteiger partial charge is 0.410 e. The molecular weight excluding hydrogens is 510 g/mol. The van der Waals surface area contributed by atoms with E-state index in [0.717, 1.165) is 41.5 Å². The number of nitrogens with one attached hydrogen (secondary N) is 2. The summed E-state index contributed by atoms with van der Waals surface area (Å²) in [5.74, 6) is 0.548. The van der Waals surface area contributed by atoms with E-state index in [2.05, 4.69) is 20.6 Å². The Labute approximate surface area is 234 Å².